The quantitative estimate of drug-likeness (QED) is 0.613. The lowest BCUT2D eigenvalue weighted by molar-refractivity contribution is -0.122. The van der Waals surface area contributed by atoms with Crippen LogP contribution in [0, 0.1) is 0 Å². The number of hydrogen-bond donors (Lipinski definition) is 2. The zero-order chi connectivity index (χ0) is 9.68. The Morgan fingerprint density at radius 3 is 2.77 bits per heavy atom. The van der Waals surface area contributed by atoms with Crippen LogP contribution < -0.4 is 5.32 Å². The summed E-state index contributed by atoms with van der Waals surface area (Å²) in [6.07, 6.45) is 3.71. The molecule has 0 saturated heterocycles. The molecule has 0 unspecified atom stereocenters. The lowest BCUT2D eigenvalue weighted by atomic mass is 9.92. The van der Waals surface area contributed by atoms with Crippen molar-refractivity contribution >= 4 is 5.91 Å². The Labute approximate surface area is 78.9 Å². The molecule has 1 amide bonds. The van der Waals surface area contributed by atoms with E-state index in [2.05, 4.69) is 10.2 Å². The molecule has 0 heterocycles. The molecule has 4 nitrogen and oxygen atoms in total. The Balaban J connectivity index is 2.11. The number of carbonyl (C=O) groups is 1. The molecule has 0 spiro atoms. The van der Waals surface area contributed by atoms with Crippen molar-refractivity contribution in [1.29, 1.82) is 0 Å². The van der Waals surface area contributed by atoms with Gasteiger partial charge in [-0.05, 0) is 19.9 Å². The first-order chi connectivity index (χ1) is 6.24. The minimum Gasteiger partial charge on any atom is -0.395 e. The molecule has 1 aliphatic carbocycles. The number of nitrogens with one attached hydrogen (secondary N) is 1. The van der Waals surface area contributed by atoms with Gasteiger partial charge < -0.3 is 10.4 Å². The predicted octanol–water partition coefficient (Wildman–Crippen LogP) is -0.421. The Hall–Kier alpha value is -0.610. The summed E-state index contributed by atoms with van der Waals surface area (Å²) in [6.45, 7) is 0.820. The number of nitrogens with zero attached hydrogens (tertiary/aromatic N) is 1. The van der Waals surface area contributed by atoms with Crippen LogP contribution in [0.1, 0.15) is 19.3 Å². The van der Waals surface area contributed by atoms with Crippen molar-refractivity contribution in [3.05, 3.63) is 0 Å². The van der Waals surface area contributed by atoms with E-state index in [0.29, 0.717) is 19.1 Å². The fraction of sp³-hybridized carbons (Fsp3) is 0.889. The number of amides is 1. The van der Waals surface area contributed by atoms with Crippen molar-refractivity contribution in [1.82, 2.24) is 10.2 Å². The maximum atomic E-state index is 11.2. The third kappa shape index (κ3) is 3.32. The summed E-state index contributed by atoms with van der Waals surface area (Å²) in [4.78, 5) is 13.3. The van der Waals surface area contributed by atoms with Gasteiger partial charge in [0.2, 0.25) is 5.91 Å². The highest BCUT2D eigenvalue weighted by atomic mass is 16.3. The van der Waals surface area contributed by atoms with Gasteiger partial charge in [0.25, 0.3) is 0 Å². The van der Waals surface area contributed by atoms with Crippen LogP contribution in [-0.4, -0.2) is 48.7 Å². The zero-order valence-corrected chi connectivity index (χ0v) is 8.12. The number of carbonyl (C=O) groups excluding carboxylic acids is 1. The topological polar surface area (TPSA) is 52.6 Å². The van der Waals surface area contributed by atoms with Gasteiger partial charge in [-0.2, -0.15) is 0 Å². The maximum absolute atomic E-state index is 11.2. The Bertz CT molecular complexity index is 169. The van der Waals surface area contributed by atoms with Crippen LogP contribution in [-0.2, 0) is 4.79 Å². The number of hydrogen-bond acceptors (Lipinski definition) is 3. The molecular formula is C9H18N2O2. The van der Waals surface area contributed by atoms with Crippen molar-refractivity contribution in [2.24, 2.45) is 0 Å². The van der Waals surface area contributed by atoms with Gasteiger partial charge in [0.1, 0.15) is 0 Å². The van der Waals surface area contributed by atoms with Gasteiger partial charge in [0, 0.05) is 12.6 Å². The van der Waals surface area contributed by atoms with Crippen molar-refractivity contribution in [2.75, 3.05) is 26.7 Å². The van der Waals surface area contributed by atoms with E-state index in [4.69, 9.17) is 5.11 Å². The van der Waals surface area contributed by atoms with E-state index >= 15 is 0 Å². The van der Waals surface area contributed by atoms with E-state index in [1.54, 1.807) is 0 Å². The van der Waals surface area contributed by atoms with Gasteiger partial charge in [-0.25, -0.2) is 0 Å². The van der Waals surface area contributed by atoms with Crippen LogP contribution in [0.4, 0.5) is 0 Å². The van der Waals surface area contributed by atoms with Gasteiger partial charge in [-0.15, -0.1) is 0 Å². The van der Waals surface area contributed by atoms with Crippen molar-refractivity contribution in [3.8, 4) is 0 Å². The summed E-state index contributed by atoms with van der Waals surface area (Å²) in [7, 11) is 1.97. The average Bonchev–Trinajstić information content (AvgIpc) is 1.97. The number of rotatable bonds is 5. The van der Waals surface area contributed by atoms with Gasteiger partial charge in [0.15, 0.2) is 0 Å². The summed E-state index contributed by atoms with van der Waals surface area (Å²) < 4.78 is 0. The first-order valence-corrected chi connectivity index (χ1v) is 4.82. The van der Waals surface area contributed by atoms with E-state index < -0.39 is 0 Å². The molecule has 0 aromatic rings. The van der Waals surface area contributed by atoms with E-state index in [1.165, 1.54) is 19.3 Å². The molecule has 0 aliphatic heterocycles. The maximum Gasteiger partial charge on any atom is 0.234 e. The highest BCUT2D eigenvalue weighted by Crippen LogP contribution is 2.22. The van der Waals surface area contributed by atoms with Crippen LogP contribution in [0.5, 0.6) is 0 Å². The molecule has 1 aliphatic rings. The first kappa shape index (κ1) is 10.5. The van der Waals surface area contributed by atoms with Crippen LogP contribution in [0.2, 0.25) is 0 Å². The average molecular weight is 186 g/mol. The summed E-state index contributed by atoms with van der Waals surface area (Å²) in [5.74, 6) is 0.00319. The molecule has 1 rings (SSSR count). The van der Waals surface area contributed by atoms with Crippen molar-refractivity contribution in [3.63, 3.8) is 0 Å². The standard InChI is InChI=1S/C9H18N2O2/c1-11(8-3-2-4-8)7-9(13)10-5-6-12/h8,12H,2-7H2,1H3,(H,10,13). The summed E-state index contributed by atoms with van der Waals surface area (Å²) >= 11 is 0. The molecule has 4 heteroatoms. The molecule has 0 atom stereocenters. The van der Waals surface area contributed by atoms with Crippen LogP contribution in [0.3, 0.4) is 0 Å². The molecule has 0 bridgehead atoms. The normalized spacial score (nSPS) is 17.2. The largest absolute Gasteiger partial charge is 0.395 e. The number of likely N-dealkylation sites (N-methyl/N-ethyl adjacent to an activating group) is 1. The van der Waals surface area contributed by atoms with E-state index in [-0.39, 0.29) is 12.5 Å². The van der Waals surface area contributed by atoms with Crippen LogP contribution in [0.25, 0.3) is 0 Å². The highest BCUT2D eigenvalue weighted by molar-refractivity contribution is 5.77. The monoisotopic (exact) mass is 186 g/mol. The highest BCUT2D eigenvalue weighted by Gasteiger charge is 2.22. The lowest BCUT2D eigenvalue weighted by Crippen LogP contribution is -2.44. The van der Waals surface area contributed by atoms with Gasteiger partial charge >= 0.3 is 0 Å². The fourth-order valence-electron chi connectivity index (χ4n) is 1.43. The number of aliphatic hydroxyl groups is 1. The van der Waals surface area contributed by atoms with Gasteiger partial charge in [0.05, 0.1) is 13.2 Å². The smallest absolute Gasteiger partial charge is 0.234 e. The van der Waals surface area contributed by atoms with E-state index in [9.17, 15) is 4.79 Å². The summed E-state index contributed by atoms with van der Waals surface area (Å²) in [5, 5.41) is 11.1. The third-order valence-electron chi connectivity index (χ3n) is 2.53. The molecule has 0 radical (unpaired) electrons. The second kappa shape index (κ2) is 5.19. The molecular weight excluding hydrogens is 168 g/mol. The lowest BCUT2D eigenvalue weighted by Gasteiger charge is -2.34. The third-order valence-corrected chi connectivity index (χ3v) is 2.53. The second-order valence-electron chi connectivity index (χ2n) is 3.57. The first-order valence-electron chi connectivity index (χ1n) is 4.82. The predicted molar refractivity (Wildman–Crippen MR) is 50.4 cm³/mol. The van der Waals surface area contributed by atoms with E-state index in [1.807, 2.05) is 7.05 Å². The van der Waals surface area contributed by atoms with Crippen LogP contribution in [0.15, 0.2) is 0 Å². The molecule has 0 aromatic carbocycles. The SMILES string of the molecule is CN(CC(=O)NCCO)C1CCC1. The van der Waals surface area contributed by atoms with Gasteiger partial charge in [-0.1, -0.05) is 6.42 Å². The minimum atomic E-state index is 0.00319. The minimum absolute atomic E-state index is 0.00319. The molecule has 1 saturated carbocycles. The summed E-state index contributed by atoms with van der Waals surface area (Å²) in [6, 6.07) is 0.597. The Morgan fingerprint density at radius 2 is 2.31 bits per heavy atom. The fourth-order valence-corrected chi connectivity index (χ4v) is 1.43. The van der Waals surface area contributed by atoms with Crippen molar-refractivity contribution < 1.29 is 9.90 Å². The van der Waals surface area contributed by atoms with E-state index in [0.717, 1.165) is 0 Å². The zero-order valence-electron chi connectivity index (χ0n) is 8.12. The van der Waals surface area contributed by atoms with Crippen LogP contribution >= 0.6 is 0 Å². The van der Waals surface area contributed by atoms with Gasteiger partial charge in [-0.3, -0.25) is 9.69 Å². The molecule has 1 fully saturated rings. The molecule has 13 heavy (non-hydrogen) atoms. The second-order valence-corrected chi connectivity index (χ2v) is 3.57. The Kier molecular flexibility index (Phi) is 4.18. The molecule has 2 N–H and O–H groups in total. The molecule has 76 valence electrons. The number of aliphatic hydroxyl groups excluding tert-OH is 1. The summed E-state index contributed by atoms with van der Waals surface area (Å²) in [5.41, 5.74) is 0. The Morgan fingerprint density at radius 1 is 1.62 bits per heavy atom. The molecule has 0 aromatic heterocycles. The van der Waals surface area contributed by atoms with Crippen molar-refractivity contribution in [2.45, 2.75) is 25.3 Å².